The minimum Gasteiger partial charge on any atom is -0.336 e. The fourth-order valence-electron chi connectivity index (χ4n) is 0.843. The molecule has 0 aromatic carbocycles. The van der Waals surface area contributed by atoms with Gasteiger partial charge in [0.2, 0.25) is 0 Å². The number of nitrogens with one attached hydrogen (secondary N) is 1. The first-order valence-electron chi connectivity index (χ1n) is 2.94. The van der Waals surface area contributed by atoms with E-state index in [1.54, 1.807) is 0 Å². The molecular weight excluding hydrogens is 135 g/mol. The van der Waals surface area contributed by atoms with Gasteiger partial charge in [-0.15, -0.1) is 0 Å². The molecule has 0 radical (unpaired) electrons. The van der Waals surface area contributed by atoms with E-state index in [4.69, 9.17) is 0 Å². The average molecular weight is 146 g/mol. The fraction of sp³-hybridized carbons (Fsp3) is 0.800. The zero-order chi connectivity index (χ0) is 6.85. The third-order valence-corrected chi connectivity index (χ3v) is 2.66. The molecule has 52 valence electrons. The highest BCUT2D eigenvalue weighted by Crippen LogP contribution is 2.31. The van der Waals surface area contributed by atoms with Gasteiger partial charge in [-0.05, 0) is 21.4 Å². The first-order chi connectivity index (χ1) is 4.22. The van der Waals surface area contributed by atoms with E-state index in [0.717, 1.165) is 13.1 Å². The van der Waals surface area contributed by atoms with Crippen LogP contribution in [0.25, 0.3) is 0 Å². The number of amides is 2. The van der Waals surface area contributed by atoms with Gasteiger partial charge in [-0.25, -0.2) is 4.79 Å². The Kier molecular flexibility index (Phi) is 1.91. The molecular formula is C5H11N2OP. The van der Waals surface area contributed by atoms with Crippen molar-refractivity contribution < 1.29 is 4.79 Å². The summed E-state index contributed by atoms with van der Waals surface area (Å²) in [4.78, 5) is 10.8. The molecule has 1 N–H and O–H groups in total. The van der Waals surface area contributed by atoms with Crippen LogP contribution in [-0.4, -0.2) is 37.1 Å². The van der Waals surface area contributed by atoms with Crippen molar-refractivity contribution in [3.05, 3.63) is 0 Å². The predicted octanol–water partition coefficient (Wildman–Crippen LogP) is 0.668. The van der Waals surface area contributed by atoms with Crippen molar-refractivity contribution in [1.29, 1.82) is 0 Å². The van der Waals surface area contributed by atoms with Crippen molar-refractivity contribution in [2.24, 2.45) is 0 Å². The van der Waals surface area contributed by atoms with Gasteiger partial charge in [0, 0.05) is 13.1 Å². The summed E-state index contributed by atoms with van der Waals surface area (Å²) >= 11 is 0. The molecule has 0 atom stereocenters. The highest BCUT2D eigenvalue weighted by molar-refractivity contribution is 7.54. The molecule has 0 spiro atoms. The molecule has 0 saturated carbocycles. The second-order valence-electron chi connectivity index (χ2n) is 2.20. The standard InChI is InChI=1S/C5H11N2OP/c1-9(2)7-4-3-6-5(7)8/h3-4H2,1-2H3,(H,6,8). The molecule has 0 aromatic rings. The first kappa shape index (κ1) is 6.81. The summed E-state index contributed by atoms with van der Waals surface area (Å²) in [5.41, 5.74) is 0. The second kappa shape index (κ2) is 2.53. The van der Waals surface area contributed by atoms with Gasteiger partial charge in [0.05, 0.1) is 0 Å². The van der Waals surface area contributed by atoms with Crippen LogP contribution in [0.5, 0.6) is 0 Å². The number of hydrogen-bond acceptors (Lipinski definition) is 1. The zero-order valence-electron chi connectivity index (χ0n) is 5.72. The van der Waals surface area contributed by atoms with Gasteiger partial charge in [-0.1, -0.05) is 0 Å². The molecule has 2 amide bonds. The van der Waals surface area contributed by atoms with E-state index in [9.17, 15) is 4.79 Å². The topological polar surface area (TPSA) is 32.3 Å². The van der Waals surface area contributed by atoms with Crippen molar-refractivity contribution >= 4 is 14.1 Å². The summed E-state index contributed by atoms with van der Waals surface area (Å²) in [6.45, 7) is 5.87. The summed E-state index contributed by atoms with van der Waals surface area (Å²) in [6, 6.07) is 0.103. The fourth-order valence-corrected chi connectivity index (χ4v) is 1.78. The number of urea groups is 1. The Hall–Kier alpha value is -0.300. The monoisotopic (exact) mass is 146 g/mol. The van der Waals surface area contributed by atoms with Crippen molar-refractivity contribution in [2.45, 2.75) is 0 Å². The normalized spacial score (nSPS) is 19.0. The third-order valence-electron chi connectivity index (χ3n) is 1.32. The maximum atomic E-state index is 10.8. The molecule has 0 unspecified atom stereocenters. The summed E-state index contributed by atoms with van der Waals surface area (Å²) < 4.78 is 1.88. The van der Waals surface area contributed by atoms with Crippen LogP contribution in [0, 0.1) is 0 Å². The van der Waals surface area contributed by atoms with E-state index < -0.39 is 0 Å². The summed E-state index contributed by atoms with van der Waals surface area (Å²) in [6.07, 6.45) is 0. The number of carbonyl (C=O) groups is 1. The highest BCUT2D eigenvalue weighted by atomic mass is 31.1. The molecule has 3 nitrogen and oxygen atoms in total. The molecule has 1 rings (SSSR count). The van der Waals surface area contributed by atoms with Gasteiger partial charge in [-0.3, -0.25) is 0 Å². The van der Waals surface area contributed by atoms with E-state index in [2.05, 4.69) is 18.6 Å². The molecule has 9 heavy (non-hydrogen) atoms. The lowest BCUT2D eigenvalue weighted by Crippen LogP contribution is -2.22. The SMILES string of the molecule is CP(C)N1CCNC1=O. The second-order valence-corrected chi connectivity index (χ2v) is 4.38. The Morgan fingerprint density at radius 3 is 2.56 bits per heavy atom. The van der Waals surface area contributed by atoms with Crippen LogP contribution < -0.4 is 5.32 Å². The first-order valence-corrected chi connectivity index (χ1v) is 5.13. The molecule has 1 fully saturated rings. The lowest BCUT2D eigenvalue weighted by molar-refractivity contribution is 0.237. The van der Waals surface area contributed by atoms with Crippen LogP contribution >= 0.6 is 8.07 Å². The maximum Gasteiger partial charge on any atom is 0.320 e. The summed E-state index contributed by atoms with van der Waals surface area (Å²) in [7, 11) is -0.220. The number of rotatable bonds is 1. The van der Waals surface area contributed by atoms with Crippen molar-refractivity contribution in [3.8, 4) is 0 Å². The predicted molar refractivity (Wildman–Crippen MR) is 38.9 cm³/mol. The van der Waals surface area contributed by atoms with E-state index >= 15 is 0 Å². The molecule has 1 heterocycles. The smallest absolute Gasteiger partial charge is 0.320 e. The zero-order valence-corrected chi connectivity index (χ0v) is 6.61. The molecule has 1 aliphatic heterocycles. The van der Waals surface area contributed by atoms with Gasteiger partial charge in [-0.2, -0.15) is 0 Å². The van der Waals surface area contributed by atoms with Crippen LogP contribution in [0.15, 0.2) is 0 Å². The van der Waals surface area contributed by atoms with Gasteiger partial charge in [0.15, 0.2) is 0 Å². The Labute approximate surface area is 56.2 Å². The van der Waals surface area contributed by atoms with E-state index in [1.807, 2.05) is 4.67 Å². The minimum absolute atomic E-state index is 0.103. The van der Waals surface area contributed by atoms with Crippen LogP contribution in [-0.2, 0) is 0 Å². The summed E-state index contributed by atoms with van der Waals surface area (Å²) in [5, 5.41) is 2.75. The Bertz CT molecular complexity index is 126. The van der Waals surface area contributed by atoms with Crippen molar-refractivity contribution in [2.75, 3.05) is 26.4 Å². The molecule has 0 aromatic heterocycles. The van der Waals surface area contributed by atoms with Gasteiger partial charge < -0.3 is 9.99 Å². The van der Waals surface area contributed by atoms with Crippen LogP contribution in [0.3, 0.4) is 0 Å². The number of hydrogen-bond donors (Lipinski definition) is 1. The Balaban J connectivity index is 2.49. The van der Waals surface area contributed by atoms with E-state index in [0.29, 0.717) is 0 Å². The van der Waals surface area contributed by atoms with Crippen molar-refractivity contribution in [1.82, 2.24) is 9.99 Å². The minimum atomic E-state index is -0.220. The molecule has 0 bridgehead atoms. The van der Waals surface area contributed by atoms with Crippen LogP contribution in [0.1, 0.15) is 0 Å². The lowest BCUT2D eigenvalue weighted by Gasteiger charge is -2.17. The Morgan fingerprint density at radius 2 is 2.33 bits per heavy atom. The molecule has 0 aliphatic carbocycles. The average Bonchev–Trinajstić information content (AvgIpc) is 2.13. The van der Waals surface area contributed by atoms with E-state index in [1.165, 1.54) is 0 Å². The highest BCUT2D eigenvalue weighted by Gasteiger charge is 2.21. The maximum absolute atomic E-state index is 10.8. The van der Waals surface area contributed by atoms with Crippen LogP contribution in [0.2, 0.25) is 0 Å². The largest absolute Gasteiger partial charge is 0.336 e. The lowest BCUT2D eigenvalue weighted by atomic mass is 10.7. The van der Waals surface area contributed by atoms with Gasteiger partial charge >= 0.3 is 6.03 Å². The van der Waals surface area contributed by atoms with Crippen molar-refractivity contribution in [3.63, 3.8) is 0 Å². The number of nitrogens with zero attached hydrogens (tertiary/aromatic N) is 1. The Morgan fingerprint density at radius 1 is 1.67 bits per heavy atom. The quantitative estimate of drug-likeness (QED) is 0.542. The van der Waals surface area contributed by atoms with Crippen LogP contribution in [0.4, 0.5) is 4.79 Å². The third kappa shape index (κ3) is 1.33. The molecule has 1 saturated heterocycles. The van der Waals surface area contributed by atoms with E-state index in [-0.39, 0.29) is 14.1 Å². The van der Waals surface area contributed by atoms with Gasteiger partial charge in [0.1, 0.15) is 0 Å². The number of carbonyl (C=O) groups excluding carboxylic acids is 1. The molecule has 1 aliphatic rings. The van der Waals surface area contributed by atoms with Gasteiger partial charge in [0.25, 0.3) is 0 Å². The summed E-state index contributed by atoms with van der Waals surface area (Å²) in [5.74, 6) is 0. The molecule has 4 heteroatoms.